The number of hydrogen-bond donors (Lipinski definition) is 3. The molecule has 0 spiro atoms. The van der Waals surface area contributed by atoms with Gasteiger partial charge in [0.1, 0.15) is 0 Å². The van der Waals surface area contributed by atoms with Gasteiger partial charge in [-0.15, -0.1) is 0 Å². The Morgan fingerprint density at radius 3 is 2.37 bits per heavy atom. The van der Waals surface area contributed by atoms with Crippen LogP contribution in [0.25, 0.3) is 0 Å². The van der Waals surface area contributed by atoms with Gasteiger partial charge in [0.05, 0.1) is 6.54 Å². The second kappa shape index (κ2) is 7.30. The Bertz CT molecular complexity index is 435. The first-order valence-corrected chi connectivity index (χ1v) is 5.61. The van der Waals surface area contributed by atoms with Crippen molar-refractivity contribution in [1.82, 2.24) is 5.32 Å². The summed E-state index contributed by atoms with van der Waals surface area (Å²) in [6.45, 7) is -0.706. The predicted octanol–water partition coefficient (Wildman–Crippen LogP) is 2.09. The van der Waals surface area contributed by atoms with Crippen molar-refractivity contribution in [2.45, 2.75) is 19.3 Å². The number of aliphatic carboxylic acids is 1. The van der Waals surface area contributed by atoms with E-state index in [9.17, 15) is 18.4 Å². The topological polar surface area (TPSA) is 78.4 Å². The Morgan fingerprint density at radius 2 is 1.84 bits per heavy atom. The molecule has 19 heavy (non-hydrogen) atoms. The van der Waals surface area contributed by atoms with Crippen molar-refractivity contribution < 1.29 is 23.5 Å². The van der Waals surface area contributed by atoms with Crippen molar-refractivity contribution in [2.24, 2.45) is 0 Å². The summed E-state index contributed by atoms with van der Waals surface area (Å²) < 4.78 is 23.7. The summed E-state index contributed by atoms with van der Waals surface area (Å²) in [6.07, 6.45) is -2.17. The molecule has 0 radical (unpaired) electrons. The van der Waals surface area contributed by atoms with Crippen LogP contribution in [0.1, 0.15) is 12.0 Å². The predicted molar refractivity (Wildman–Crippen MR) is 65.4 cm³/mol. The average molecular weight is 272 g/mol. The summed E-state index contributed by atoms with van der Waals surface area (Å²) in [5, 5.41) is 12.9. The first kappa shape index (κ1) is 14.9. The number of rotatable bonds is 6. The summed E-state index contributed by atoms with van der Waals surface area (Å²) >= 11 is 0. The molecule has 0 unspecified atom stereocenters. The van der Waals surface area contributed by atoms with Crippen molar-refractivity contribution in [3.63, 3.8) is 0 Å². The number of alkyl halides is 2. The number of halogens is 2. The number of benzene rings is 1. The number of carboxylic acids is 1. The van der Waals surface area contributed by atoms with Gasteiger partial charge in [0.2, 0.25) is 0 Å². The largest absolute Gasteiger partial charge is 0.481 e. The van der Waals surface area contributed by atoms with Gasteiger partial charge in [-0.1, -0.05) is 12.1 Å². The maximum absolute atomic E-state index is 11.8. The van der Waals surface area contributed by atoms with Crippen molar-refractivity contribution in [1.29, 1.82) is 0 Å². The van der Waals surface area contributed by atoms with Crippen molar-refractivity contribution in [2.75, 3.05) is 11.9 Å². The first-order chi connectivity index (χ1) is 8.97. The van der Waals surface area contributed by atoms with Crippen LogP contribution in [0.3, 0.4) is 0 Å². The maximum atomic E-state index is 11.8. The summed E-state index contributed by atoms with van der Waals surface area (Å²) in [6, 6.07) is 5.80. The molecule has 0 aromatic heterocycles. The lowest BCUT2D eigenvalue weighted by Gasteiger charge is -2.07. The van der Waals surface area contributed by atoms with Crippen LogP contribution in [-0.2, 0) is 11.2 Å². The fraction of sp³-hybridized carbons (Fsp3) is 0.333. The zero-order valence-corrected chi connectivity index (χ0v) is 10.0. The minimum absolute atomic E-state index is 0.0294. The quantitative estimate of drug-likeness (QED) is 0.742. The second-order valence-corrected chi connectivity index (χ2v) is 3.82. The number of anilines is 1. The maximum Gasteiger partial charge on any atom is 0.319 e. The number of carbonyl (C=O) groups is 2. The summed E-state index contributed by atoms with van der Waals surface area (Å²) in [5.41, 5.74) is 1.27. The molecule has 0 saturated carbocycles. The third kappa shape index (κ3) is 6.35. The number of urea groups is 1. The fourth-order valence-electron chi connectivity index (χ4n) is 1.35. The minimum atomic E-state index is -2.59. The molecule has 0 aliphatic heterocycles. The van der Waals surface area contributed by atoms with Crippen LogP contribution >= 0.6 is 0 Å². The van der Waals surface area contributed by atoms with Gasteiger partial charge >= 0.3 is 12.0 Å². The molecule has 1 aromatic rings. The zero-order valence-electron chi connectivity index (χ0n) is 10.0. The van der Waals surface area contributed by atoms with E-state index in [1.165, 1.54) is 0 Å². The lowest BCUT2D eigenvalue weighted by atomic mass is 10.1. The van der Waals surface area contributed by atoms with Crippen molar-refractivity contribution in [3.8, 4) is 0 Å². The van der Waals surface area contributed by atoms with E-state index in [1.54, 1.807) is 24.3 Å². The van der Waals surface area contributed by atoms with Crippen LogP contribution in [0.4, 0.5) is 19.3 Å². The number of carbonyl (C=O) groups excluding carboxylic acids is 1. The molecule has 0 aliphatic carbocycles. The van der Waals surface area contributed by atoms with Gasteiger partial charge in [-0.05, 0) is 24.1 Å². The van der Waals surface area contributed by atoms with Crippen LogP contribution in [0.2, 0.25) is 0 Å². The smallest absolute Gasteiger partial charge is 0.319 e. The highest BCUT2D eigenvalue weighted by Gasteiger charge is 2.06. The molecule has 2 amide bonds. The minimum Gasteiger partial charge on any atom is -0.481 e. The molecule has 104 valence electrons. The average Bonchev–Trinajstić information content (AvgIpc) is 2.35. The number of carboxylic acid groups (broad SMARTS) is 1. The van der Waals surface area contributed by atoms with E-state index >= 15 is 0 Å². The number of nitrogens with one attached hydrogen (secondary N) is 2. The van der Waals surface area contributed by atoms with Gasteiger partial charge in [-0.25, -0.2) is 13.6 Å². The third-order valence-corrected chi connectivity index (χ3v) is 2.26. The monoisotopic (exact) mass is 272 g/mol. The van der Waals surface area contributed by atoms with Crippen LogP contribution in [0, 0.1) is 0 Å². The lowest BCUT2D eigenvalue weighted by Crippen LogP contribution is -2.32. The van der Waals surface area contributed by atoms with E-state index < -0.39 is 25.0 Å². The van der Waals surface area contributed by atoms with Crippen LogP contribution in [-0.4, -0.2) is 30.1 Å². The Balaban J connectivity index is 2.43. The van der Waals surface area contributed by atoms with Crippen molar-refractivity contribution >= 4 is 17.7 Å². The molecule has 1 rings (SSSR count). The number of aryl methyl sites for hydroxylation is 1. The molecular weight excluding hydrogens is 258 g/mol. The Labute approximate surface area is 108 Å². The van der Waals surface area contributed by atoms with Gasteiger partial charge in [-0.2, -0.15) is 0 Å². The highest BCUT2D eigenvalue weighted by Crippen LogP contribution is 2.11. The van der Waals surface area contributed by atoms with Crippen LogP contribution in [0.15, 0.2) is 24.3 Å². The Hall–Kier alpha value is -2.18. The normalized spacial score (nSPS) is 10.3. The number of amides is 2. The molecule has 7 heteroatoms. The van der Waals surface area contributed by atoms with Gasteiger partial charge in [0.15, 0.2) is 0 Å². The molecule has 0 bridgehead atoms. The molecule has 0 atom stereocenters. The number of hydrogen-bond acceptors (Lipinski definition) is 2. The summed E-state index contributed by atoms with van der Waals surface area (Å²) in [7, 11) is 0. The third-order valence-electron chi connectivity index (χ3n) is 2.26. The van der Waals surface area contributed by atoms with E-state index in [4.69, 9.17) is 5.11 Å². The molecule has 1 aromatic carbocycles. The highest BCUT2D eigenvalue weighted by atomic mass is 19.3. The molecular formula is C12H14F2N2O3. The molecule has 3 N–H and O–H groups in total. The first-order valence-electron chi connectivity index (χ1n) is 5.61. The van der Waals surface area contributed by atoms with Crippen LogP contribution in [0.5, 0.6) is 0 Å². The molecule has 5 nitrogen and oxygen atoms in total. The molecule has 0 saturated heterocycles. The SMILES string of the molecule is O=C(O)CCc1ccc(NC(=O)NCC(F)F)cc1. The Kier molecular flexibility index (Phi) is 5.72. The Morgan fingerprint density at radius 1 is 1.21 bits per heavy atom. The summed E-state index contributed by atoms with van der Waals surface area (Å²) in [4.78, 5) is 21.6. The van der Waals surface area contributed by atoms with E-state index in [0.717, 1.165) is 5.56 Å². The molecule has 0 fully saturated rings. The van der Waals surface area contributed by atoms with E-state index in [1.807, 2.05) is 5.32 Å². The fourth-order valence-corrected chi connectivity index (χ4v) is 1.35. The molecule has 0 heterocycles. The lowest BCUT2D eigenvalue weighted by molar-refractivity contribution is -0.136. The van der Waals surface area contributed by atoms with Gasteiger partial charge in [0, 0.05) is 12.1 Å². The van der Waals surface area contributed by atoms with Gasteiger partial charge < -0.3 is 15.7 Å². The van der Waals surface area contributed by atoms with Gasteiger partial charge in [0.25, 0.3) is 6.43 Å². The van der Waals surface area contributed by atoms with E-state index in [-0.39, 0.29) is 6.42 Å². The van der Waals surface area contributed by atoms with Gasteiger partial charge in [-0.3, -0.25) is 4.79 Å². The zero-order chi connectivity index (χ0) is 14.3. The second-order valence-electron chi connectivity index (χ2n) is 3.82. The van der Waals surface area contributed by atoms with E-state index in [0.29, 0.717) is 12.1 Å². The van der Waals surface area contributed by atoms with E-state index in [2.05, 4.69) is 5.32 Å². The van der Waals surface area contributed by atoms with Crippen LogP contribution < -0.4 is 10.6 Å². The standard InChI is InChI=1S/C12H14F2N2O3/c13-10(14)7-15-12(19)16-9-4-1-8(2-5-9)3-6-11(17)18/h1-2,4-5,10H,3,6-7H2,(H,17,18)(H2,15,16,19). The highest BCUT2D eigenvalue weighted by molar-refractivity contribution is 5.89. The molecule has 0 aliphatic rings. The van der Waals surface area contributed by atoms with Crippen molar-refractivity contribution in [3.05, 3.63) is 29.8 Å². The summed E-state index contributed by atoms with van der Waals surface area (Å²) in [5.74, 6) is -0.881.